The highest BCUT2D eigenvalue weighted by atomic mass is 79.9. The van der Waals surface area contributed by atoms with Crippen LogP contribution in [0.15, 0.2) is 22.7 Å². The molecule has 0 fully saturated rings. The Balaban J connectivity index is 2.68. The molecule has 1 N–H and O–H groups in total. The minimum absolute atomic E-state index is 0.311. The summed E-state index contributed by atoms with van der Waals surface area (Å²) in [6, 6.07) is 7.96. The Bertz CT molecular complexity index is 399. The van der Waals surface area contributed by atoms with Crippen LogP contribution in [0.2, 0.25) is 0 Å². The van der Waals surface area contributed by atoms with E-state index in [1.807, 2.05) is 18.2 Å². The van der Waals surface area contributed by atoms with Crippen LogP contribution in [-0.4, -0.2) is 6.54 Å². The van der Waals surface area contributed by atoms with Crippen LogP contribution in [0.4, 0.5) is 5.69 Å². The first kappa shape index (κ1) is 13.1. The molecule has 3 heteroatoms. The van der Waals surface area contributed by atoms with Crippen molar-refractivity contribution in [2.24, 2.45) is 5.41 Å². The monoisotopic (exact) mass is 280 g/mol. The molecule has 16 heavy (non-hydrogen) atoms. The van der Waals surface area contributed by atoms with Gasteiger partial charge in [-0.2, -0.15) is 5.26 Å². The largest absolute Gasteiger partial charge is 0.384 e. The molecule has 0 aliphatic rings. The minimum atomic E-state index is 0.311. The Labute approximate surface area is 106 Å². The van der Waals surface area contributed by atoms with Crippen LogP contribution in [0.3, 0.4) is 0 Å². The van der Waals surface area contributed by atoms with Gasteiger partial charge in [0.2, 0.25) is 0 Å². The maximum atomic E-state index is 9.04. The van der Waals surface area contributed by atoms with Crippen LogP contribution in [0.1, 0.15) is 32.8 Å². The van der Waals surface area contributed by atoms with Crippen molar-refractivity contribution in [3.8, 4) is 6.07 Å². The molecule has 0 heterocycles. The Morgan fingerprint density at radius 3 is 2.62 bits per heavy atom. The van der Waals surface area contributed by atoms with Crippen molar-refractivity contribution >= 4 is 21.6 Å². The fraction of sp³-hybridized carbons (Fsp3) is 0.462. The van der Waals surface area contributed by atoms with E-state index in [4.69, 9.17) is 5.26 Å². The van der Waals surface area contributed by atoms with E-state index in [1.165, 1.54) is 0 Å². The van der Waals surface area contributed by atoms with Gasteiger partial charge in [0, 0.05) is 11.0 Å². The molecule has 0 saturated carbocycles. The zero-order valence-corrected chi connectivity index (χ0v) is 11.6. The van der Waals surface area contributed by atoms with Gasteiger partial charge in [-0.25, -0.2) is 0 Å². The van der Waals surface area contributed by atoms with E-state index in [9.17, 15) is 0 Å². The molecule has 2 nitrogen and oxygen atoms in total. The van der Waals surface area contributed by atoms with Crippen LogP contribution in [-0.2, 0) is 0 Å². The van der Waals surface area contributed by atoms with Crippen LogP contribution >= 0.6 is 15.9 Å². The SMILES string of the molecule is CC(C)(C)CCNc1cccc(Br)c1C#N. The Hall–Kier alpha value is -1.01. The molecule has 0 aromatic heterocycles. The first-order valence-electron chi connectivity index (χ1n) is 5.36. The first-order valence-corrected chi connectivity index (χ1v) is 6.16. The summed E-state index contributed by atoms with van der Waals surface area (Å²) in [6.07, 6.45) is 1.07. The predicted octanol–water partition coefficient (Wildman–Crippen LogP) is 4.17. The molecule has 0 bridgehead atoms. The highest BCUT2D eigenvalue weighted by molar-refractivity contribution is 9.10. The maximum Gasteiger partial charge on any atom is 0.103 e. The van der Waals surface area contributed by atoms with Gasteiger partial charge in [-0.3, -0.25) is 0 Å². The lowest BCUT2D eigenvalue weighted by molar-refractivity contribution is 0.390. The number of rotatable bonds is 3. The summed E-state index contributed by atoms with van der Waals surface area (Å²) in [5, 5.41) is 12.3. The summed E-state index contributed by atoms with van der Waals surface area (Å²) >= 11 is 3.38. The van der Waals surface area contributed by atoms with Gasteiger partial charge in [0.25, 0.3) is 0 Å². The lowest BCUT2D eigenvalue weighted by Gasteiger charge is -2.19. The number of nitrogens with zero attached hydrogens (tertiary/aromatic N) is 1. The Morgan fingerprint density at radius 2 is 2.06 bits per heavy atom. The number of halogens is 1. The van der Waals surface area contributed by atoms with Crippen molar-refractivity contribution in [3.05, 3.63) is 28.2 Å². The fourth-order valence-corrected chi connectivity index (χ4v) is 1.81. The van der Waals surface area contributed by atoms with Crippen molar-refractivity contribution in [2.45, 2.75) is 27.2 Å². The number of nitriles is 1. The van der Waals surface area contributed by atoms with E-state index in [0.717, 1.165) is 23.1 Å². The summed E-state index contributed by atoms with van der Waals surface area (Å²) in [4.78, 5) is 0. The van der Waals surface area contributed by atoms with Gasteiger partial charge in [-0.1, -0.05) is 26.8 Å². The summed E-state index contributed by atoms with van der Waals surface area (Å²) < 4.78 is 0.843. The molecule has 1 rings (SSSR count). The minimum Gasteiger partial charge on any atom is -0.384 e. The average Bonchev–Trinajstić information content (AvgIpc) is 2.16. The van der Waals surface area contributed by atoms with Gasteiger partial charge >= 0.3 is 0 Å². The summed E-state index contributed by atoms with van der Waals surface area (Å²) in [5.74, 6) is 0. The molecule has 0 saturated heterocycles. The third-order valence-corrected chi connectivity index (χ3v) is 2.98. The van der Waals surface area contributed by atoms with E-state index < -0.39 is 0 Å². The molecule has 0 atom stereocenters. The third kappa shape index (κ3) is 3.86. The number of hydrogen-bond donors (Lipinski definition) is 1. The summed E-state index contributed by atoms with van der Waals surface area (Å²) in [7, 11) is 0. The average molecular weight is 281 g/mol. The second-order valence-electron chi connectivity index (χ2n) is 5.01. The predicted molar refractivity (Wildman–Crippen MR) is 71.4 cm³/mol. The maximum absolute atomic E-state index is 9.04. The van der Waals surface area contributed by atoms with Crippen LogP contribution in [0.5, 0.6) is 0 Å². The van der Waals surface area contributed by atoms with Gasteiger partial charge in [-0.05, 0) is 39.9 Å². The topological polar surface area (TPSA) is 35.8 Å². The van der Waals surface area contributed by atoms with Crippen LogP contribution < -0.4 is 5.32 Å². The molecule has 0 amide bonds. The molecule has 0 spiro atoms. The molecule has 0 unspecified atom stereocenters. The standard InChI is InChI=1S/C13H17BrN2/c1-13(2,3)7-8-16-12-6-4-5-11(14)10(12)9-15/h4-6,16H,7-8H2,1-3H3. The second kappa shape index (κ2) is 5.36. The zero-order valence-electron chi connectivity index (χ0n) is 9.97. The van der Waals surface area contributed by atoms with Gasteiger partial charge in [0.1, 0.15) is 6.07 Å². The van der Waals surface area contributed by atoms with Gasteiger partial charge < -0.3 is 5.32 Å². The van der Waals surface area contributed by atoms with Crippen LogP contribution in [0, 0.1) is 16.7 Å². The molecule has 0 aliphatic carbocycles. The van der Waals surface area contributed by atoms with Crippen molar-refractivity contribution in [1.82, 2.24) is 0 Å². The molecule has 0 aliphatic heterocycles. The third-order valence-electron chi connectivity index (χ3n) is 2.32. The smallest absolute Gasteiger partial charge is 0.103 e. The summed E-state index contributed by atoms with van der Waals surface area (Å²) in [6.45, 7) is 7.51. The number of hydrogen-bond acceptors (Lipinski definition) is 2. The van der Waals surface area contributed by atoms with E-state index in [-0.39, 0.29) is 0 Å². The highest BCUT2D eigenvalue weighted by Crippen LogP contribution is 2.24. The van der Waals surface area contributed by atoms with Crippen molar-refractivity contribution < 1.29 is 0 Å². The van der Waals surface area contributed by atoms with Crippen LogP contribution in [0.25, 0.3) is 0 Å². The van der Waals surface area contributed by atoms with E-state index in [0.29, 0.717) is 11.0 Å². The number of benzene rings is 1. The first-order chi connectivity index (χ1) is 7.44. The number of nitrogens with one attached hydrogen (secondary N) is 1. The highest BCUT2D eigenvalue weighted by Gasteiger charge is 2.10. The molecule has 0 radical (unpaired) electrons. The van der Waals surface area contributed by atoms with Gasteiger partial charge in [0.15, 0.2) is 0 Å². The van der Waals surface area contributed by atoms with E-state index >= 15 is 0 Å². The molecule has 1 aromatic rings. The van der Waals surface area contributed by atoms with Gasteiger partial charge in [-0.15, -0.1) is 0 Å². The lowest BCUT2D eigenvalue weighted by atomic mass is 9.92. The second-order valence-corrected chi connectivity index (χ2v) is 5.87. The number of anilines is 1. The Kier molecular flexibility index (Phi) is 4.37. The zero-order chi connectivity index (χ0) is 12.2. The van der Waals surface area contributed by atoms with E-state index in [2.05, 4.69) is 48.1 Å². The van der Waals surface area contributed by atoms with Crippen molar-refractivity contribution in [3.63, 3.8) is 0 Å². The van der Waals surface area contributed by atoms with Gasteiger partial charge in [0.05, 0.1) is 11.3 Å². The normalized spacial score (nSPS) is 10.9. The molecule has 86 valence electrons. The van der Waals surface area contributed by atoms with E-state index in [1.54, 1.807) is 0 Å². The molecule has 1 aromatic carbocycles. The fourth-order valence-electron chi connectivity index (χ4n) is 1.36. The lowest BCUT2D eigenvalue weighted by Crippen LogP contribution is -2.13. The van der Waals surface area contributed by atoms with Crippen molar-refractivity contribution in [2.75, 3.05) is 11.9 Å². The van der Waals surface area contributed by atoms with Crippen molar-refractivity contribution in [1.29, 1.82) is 5.26 Å². The molecular formula is C13H17BrN2. The molecular weight excluding hydrogens is 264 g/mol. The summed E-state index contributed by atoms with van der Waals surface area (Å²) in [5.41, 5.74) is 1.89. The quantitative estimate of drug-likeness (QED) is 0.902. The Morgan fingerprint density at radius 1 is 1.38 bits per heavy atom.